The molecule has 0 radical (unpaired) electrons. The van der Waals surface area contributed by atoms with Crippen LogP contribution in [0.5, 0.6) is 0 Å². The quantitative estimate of drug-likeness (QED) is 0.200. The number of aromatic nitrogens is 3. The van der Waals surface area contributed by atoms with Crippen molar-refractivity contribution in [2.75, 3.05) is 38.5 Å². The molecule has 6 rings (SSSR count). The average Bonchev–Trinajstić information content (AvgIpc) is 3.53. The summed E-state index contributed by atoms with van der Waals surface area (Å²) in [6.07, 6.45) is 3.81. The Morgan fingerprint density at radius 2 is 1.57 bits per heavy atom. The fourth-order valence-corrected chi connectivity index (χ4v) is 5.16. The standard InChI is InChI=1S/C21H19FN4O.C14H20N2O.C2H6.H2/c1-21(27,12-15-2-7-18(22)8-3-15)25-19-9-4-16(5-10-19)17-6-11-20-23-14-24-26(20)13-17;1-11-4-5-13(10-12(11)2)14(17)16-8-6-15(3)7-9-16;1-2;/h2-11,13-14,25,27H,12H2,1H3;4-5,10H,6-9H2,1-3H3;1-2H3;1H. The van der Waals surface area contributed by atoms with Crippen LogP contribution in [0.2, 0.25) is 0 Å². The van der Waals surface area contributed by atoms with Crippen molar-refractivity contribution in [2.45, 2.75) is 46.8 Å². The second-order valence-electron chi connectivity index (χ2n) is 11.7. The number of anilines is 1. The lowest BCUT2D eigenvalue weighted by atomic mass is 10.0. The van der Waals surface area contributed by atoms with E-state index in [4.69, 9.17) is 0 Å². The molecule has 1 atom stereocenters. The zero-order valence-electron chi connectivity index (χ0n) is 27.7. The topological polar surface area (TPSA) is 86.0 Å². The van der Waals surface area contributed by atoms with E-state index < -0.39 is 5.72 Å². The number of pyridine rings is 1. The van der Waals surface area contributed by atoms with Gasteiger partial charge in [0.2, 0.25) is 0 Å². The first-order chi connectivity index (χ1) is 22.1. The lowest BCUT2D eigenvalue weighted by Crippen LogP contribution is -2.47. The highest BCUT2D eigenvalue weighted by molar-refractivity contribution is 5.94. The maximum Gasteiger partial charge on any atom is 0.253 e. The number of aliphatic hydroxyl groups is 1. The number of rotatable bonds is 6. The third-order valence-corrected chi connectivity index (χ3v) is 7.91. The van der Waals surface area contributed by atoms with E-state index in [1.165, 1.54) is 29.6 Å². The van der Waals surface area contributed by atoms with Crippen LogP contribution in [-0.2, 0) is 6.42 Å². The molecule has 1 aliphatic heterocycles. The number of likely N-dealkylation sites (N-methyl/N-ethyl adjacent to an activating group) is 1. The second kappa shape index (κ2) is 15.6. The molecule has 1 amide bonds. The summed E-state index contributed by atoms with van der Waals surface area (Å²) in [6.45, 7) is 13.4. The predicted molar refractivity (Wildman–Crippen MR) is 186 cm³/mol. The zero-order chi connectivity index (χ0) is 33.3. The molecule has 0 aliphatic carbocycles. The van der Waals surface area contributed by atoms with E-state index in [0.717, 1.165) is 59.8 Å². The number of piperazine rings is 1. The molecular weight excluding hydrogens is 579 g/mol. The number of nitrogens with one attached hydrogen (secondary N) is 1. The van der Waals surface area contributed by atoms with Gasteiger partial charge in [0.25, 0.3) is 5.91 Å². The largest absolute Gasteiger partial charge is 0.371 e. The summed E-state index contributed by atoms with van der Waals surface area (Å²) < 4.78 is 14.8. The molecule has 46 heavy (non-hydrogen) atoms. The molecule has 2 aromatic heterocycles. The summed E-state index contributed by atoms with van der Waals surface area (Å²) in [6, 6.07) is 23.8. The first kappa shape index (κ1) is 34.3. The molecule has 5 aromatic rings. The van der Waals surface area contributed by atoms with E-state index in [1.54, 1.807) is 23.6 Å². The van der Waals surface area contributed by atoms with Crippen molar-refractivity contribution in [3.63, 3.8) is 0 Å². The Balaban J connectivity index is 0.000000260. The van der Waals surface area contributed by atoms with Gasteiger partial charge in [0, 0.05) is 57.0 Å². The SMILES string of the molecule is CC.CC(O)(Cc1ccc(F)cc1)Nc1ccc(-c2ccc3ncnn3c2)cc1.Cc1ccc(C(=O)N2CCN(C)CC2)cc1C.[HH]. The van der Waals surface area contributed by atoms with Crippen molar-refractivity contribution in [2.24, 2.45) is 0 Å². The van der Waals surface area contributed by atoms with Gasteiger partial charge in [-0.1, -0.05) is 44.2 Å². The van der Waals surface area contributed by atoms with Crippen LogP contribution in [0.25, 0.3) is 16.8 Å². The van der Waals surface area contributed by atoms with Crippen molar-refractivity contribution >= 4 is 17.2 Å². The molecule has 3 aromatic carbocycles. The van der Waals surface area contributed by atoms with Crippen molar-refractivity contribution < 1.29 is 15.7 Å². The Kier molecular flexibility index (Phi) is 11.6. The normalized spacial score (nSPS) is 14.4. The Labute approximate surface area is 273 Å². The second-order valence-corrected chi connectivity index (χ2v) is 11.7. The predicted octanol–water partition coefficient (Wildman–Crippen LogP) is 6.86. The maximum absolute atomic E-state index is 13.0. The first-order valence-electron chi connectivity index (χ1n) is 15.8. The number of nitrogens with zero attached hydrogens (tertiary/aromatic N) is 5. The van der Waals surface area contributed by atoms with E-state index >= 15 is 0 Å². The summed E-state index contributed by atoms with van der Waals surface area (Å²) >= 11 is 0. The molecule has 0 bridgehead atoms. The zero-order valence-corrected chi connectivity index (χ0v) is 27.7. The number of amides is 1. The summed E-state index contributed by atoms with van der Waals surface area (Å²) in [5.41, 5.74) is 6.60. The average molecular weight is 627 g/mol. The van der Waals surface area contributed by atoms with E-state index in [0.29, 0.717) is 6.42 Å². The van der Waals surface area contributed by atoms with Gasteiger partial charge in [-0.3, -0.25) is 4.79 Å². The van der Waals surface area contributed by atoms with Crippen molar-refractivity contribution in [1.82, 2.24) is 24.4 Å². The van der Waals surface area contributed by atoms with Crippen LogP contribution in [0.15, 0.2) is 91.4 Å². The van der Waals surface area contributed by atoms with Gasteiger partial charge in [0.15, 0.2) is 5.65 Å². The highest BCUT2D eigenvalue weighted by atomic mass is 19.1. The van der Waals surface area contributed by atoms with Crippen molar-refractivity contribution in [1.29, 1.82) is 0 Å². The first-order valence-corrected chi connectivity index (χ1v) is 15.8. The summed E-state index contributed by atoms with van der Waals surface area (Å²) in [5.74, 6) is -0.118. The third kappa shape index (κ3) is 9.22. The number of fused-ring (bicyclic) bond motifs is 1. The molecule has 0 saturated carbocycles. The van der Waals surface area contributed by atoms with Gasteiger partial charge >= 0.3 is 0 Å². The molecule has 1 saturated heterocycles. The van der Waals surface area contributed by atoms with Crippen LogP contribution in [0.3, 0.4) is 0 Å². The summed E-state index contributed by atoms with van der Waals surface area (Å²) in [7, 11) is 2.10. The molecule has 1 fully saturated rings. The molecule has 2 N–H and O–H groups in total. The lowest BCUT2D eigenvalue weighted by molar-refractivity contribution is 0.0664. The Morgan fingerprint density at radius 1 is 0.913 bits per heavy atom. The number of halogens is 1. The summed E-state index contributed by atoms with van der Waals surface area (Å²) in [5, 5.41) is 17.9. The van der Waals surface area contributed by atoms with Crippen molar-refractivity contribution in [3.8, 4) is 11.1 Å². The van der Waals surface area contributed by atoms with Crippen LogP contribution >= 0.6 is 0 Å². The Bertz CT molecular complexity index is 1720. The van der Waals surface area contributed by atoms with Crippen molar-refractivity contribution in [3.05, 3.63) is 119 Å². The van der Waals surface area contributed by atoms with Crippen LogP contribution in [0, 0.1) is 19.7 Å². The van der Waals surface area contributed by atoms with Crippen LogP contribution in [0.4, 0.5) is 10.1 Å². The van der Waals surface area contributed by atoms with E-state index in [-0.39, 0.29) is 13.2 Å². The maximum atomic E-state index is 13.0. The number of carbonyl (C=O) groups excluding carboxylic acids is 1. The Morgan fingerprint density at radius 3 is 2.22 bits per heavy atom. The van der Waals surface area contributed by atoms with E-state index in [1.807, 2.05) is 79.5 Å². The van der Waals surface area contributed by atoms with Gasteiger partial charge < -0.3 is 20.2 Å². The molecule has 3 heterocycles. The molecule has 0 spiro atoms. The molecule has 1 unspecified atom stereocenters. The van der Waals surface area contributed by atoms with Gasteiger partial charge in [0.05, 0.1) is 0 Å². The number of hydrogen-bond donors (Lipinski definition) is 2. The van der Waals surface area contributed by atoms with E-state index in [9.17, 15) is 14.3 Å². The van der Waals surface area contributed by atoms with E-state index in [2.05, 4.69) is 41.2 Å². The van der Waals surface area contributed by atoms with Gasteiger partial charge in [-0.15, -0.1) is 0 Å². The minimum atomic E-state index is -1.15. The van der Waals surface area contributed by atoms with Gasteiger partial charge in [-0.2, -0.15) is 5.10 Å². The lowest BCUT2D eigenvalue weighted by Gasteiger charge is -2.32. The number of carbonyl (C=O) groups is 1. The van der Waals surface area contributed by atoms with Gasteiger partial charge in [-0.05, 0) is 98.6 Å². The van der Waals surface area contributed by atoms with Gasteiger partial charge in [-0.25, -0.2) is 13.9 Å². The fourth-order valence-electron chi connectivity index (χ4n) is 5.16. The summed E-state index contributed by atoms with van der Waals surface area (Å²) in [4.78, 5) is 20.6. The fraction of sp³-hybridized carbons (Fsp3) is 0.324. The smallest absolute Gasteiger partial charge is 0.253 e. The number of hydrogen-bond acceptors (Lipinski definition) is 6. The van der Waals surface area contributed by atoms with Crippen LogP contribution in [0.1, 0.15) is 49.2 Å². The van der Waals surface area contributed by atoms with Gasteiger partial charge in [0.1, 0.15) is 17.9 Å². The minimum absolute atomic E-state index is 0. The third-order valence-electron chi connectivity index (χ3n) is 7.91. The number of benzene rings is 3. The highest BCUT2D eigenvalue weighted by Gasteiger charge is 2.21. The molecule has 8 nitrogen and oxygen atoms in total. The van der Waals surface area contributed by atoms with Crippen LogP contribution < -0.4 is 5.32 Å². The molecule has 9 heteroatoms. The Hall–Kier alpha value is -4.60. The molecule has 1 aliphatic rings. The minimum Gasteiger partial charge on any atom is -0.371 e. The number of aryl methyl sites for hydroxylation is 2. The van der Waals surface area contributed by atoms with Crippen LogP contribution in [-0.4, -0.2) is 74.4 Å². The molecule has 244 valence electrons. The highest BCUT2D eigenvalue weighted by Crippen LogP contribution is 2.24. The molecular formula is C37H47FN6O2. The monoisotopic (exact) mass is 626 g/mol.